The molecule has 0 radical (unpaired) electrons. The van der Waals surface area contributed by atoms with Gasteiger partial charge >= 0.3 is 0 Å². The Hall–Kier alpha value is -1.60. The Labute approximate surface area is 108 Å². The quantitative estimate of drug-likeness (QED) is 0.750. The van der Waals surface area contributed by atoms with Crippen molar-refractivity contribution in [2.45, 2.75) is 31.8 Å². The average Bonchev–Trinajstić information content (AvgIpc) is 2.84. The number of piperazine rings is 1. The van der Waals surface area contributed by atoms with Crippen molar-refractivity contribution in [2.24, 2.45) is 0 Å². The standard InChI is InChI=1S/C14H18N4/c1-11-9-17-6-2-3-13(17)10-18(11)14-8-16-5-4-12(14)7-15/h4-5,8,11,13H,2-3,6,9-10H2,1H3. The van der Waals surface area contributed by atoms with Crippen molar-refractivity contribution >= 4 is 5.69 Å². The molecule has 0 saturated carbocycles. The zero-order valence-corrected chi connectivity index (χ0v) is 10.7. The number of fused-ring (bicyclic) bond motifs is 1. The summed E-state index contributed by atoms with van der Waals surface area (Å²) in [5, 5.41) is 9.21. The van der Waals surface area contributed by atoms with Crippen LogP contribution in [-0.2, 0) is 0 Å². The molecule has 0 bridgehead atoms. The number of nitriles is 1. The summed E-state index contributed by atoms with van der Waals surface area (Å²) in [5.74, 6) is 0. The Kier molecular flexibility index (Phi) is 2.92. The lowest BCUT2D eigenvalue weighted by atomic mass is 10.1. The highest BCUT2D eigenvalue weighted by Gasteiger charge is 2.35. The maximum absolute atomic E-state index is 9.21. The van der Waals surface area contributed by atoms with Gasteiger partial charge in [0.15, 0.2) is 0 Å². The summed E-state index contributed by atoms with van der Waals surface area (Å²) >= 11 is 0. The maximum Gasteiger partial charge on any atom is 0.101 e. The fourth-order valence-corrected chi connectivity index (χ4v) is 3.23. The normalized spacial score (nSPS) is 27.9. The molecule has 3 heterocycles. The lowest BCUT2D eigenvalue weighted by molar-refractivity contribution is 0.203. The Morgan fingerprint density at radius 2 is 2.33 bits per heavy atom. The molecular weight excluding hydrogens is 224 g/mol. The van der Waals surface area contributed by atoms with E-state index in [4.69, 9.17) is 0 Å². The van der Waals surface area contributed by atoms with Crippen molar-refractivity contribution in [3.05, 3.63) is 24.0 Å². The topological polar surface area (TPSA) is 43.2 Å². The summed E-state index contributed by atoms with van der Waals surface area (Å²) in [5.41, 5.74) is 1.74. The van der Waals surface area contributed by atoms with E-state index in [1.54, 1.807) is 6.20 Å². The zero-order chi connectivity index (χ0) is 12.5. The molecule has 1 aromatic heterocycles. The second-order valence-electron chi connectivity index (χ2n) is 5.30. The molecule has 2 atom stereocenters. The number of pyridine rings is 1. The first kappa shape index (κ1) is 11.5. The van der Waals surface area contributed by atoms with Gasteiger partial charge < -0.3 is 4.90 Å². The highest BCUT2D eigenvalue weighted by molar-refractivity contribution is 5.58. The first-order valence-electron chi connectivity index (χ1n) is 6.64. The molecule has 2 unspecified atom stereocenters. The Morgan fingerprint density at radius 3 is 3.17 bits per heavy atom. The van der Waals surface area contributed by atoms with Gasteiger partial charge in [0.25, 0.3) is 0 Å². The smallest absolute Gasteiger partial charge is 0.101 e. The van der Waals surface area contributed by atoms with E-state index in [2.05, 4.69) is 27.8 Å². The van der Waals surface area contributed by atoms with Crippen LogP contribution in [0.1, 0.15) is 25.3 Å². The summed E-state index contributed by atoms with van der Waals surface area (Å²) in [6.45, 7) is 5.61. The van der Waals surface area contributed by atoms with Crippen molar-refractivity contribution < 1.29 is 0 Å². The molecular formula is C14H18N4. The summed E-state index contributed by atoms with van der Waals surface area (Å²) < 4.78 is 0. The van der Waals surface area contributed by atoms with Gasteiger partial charge in [0.1, 0.15) is 6.07 Å². The van der Waals surface area contributed by atoms with Gasteiger partial charge in [0.05, 0.1) is 17.4 Å². The summed E-state index contributed by atoms with van der Waals surface area (Å²) in [7, 11) is 0. The van der Waals surface area contributed by atoms with Crippen molar-refractivity contribution in [3.63, 3.8) is 0 Å². The molecule has 4 nitrogen and oxygen atoms in total. The molecule has 0 aliphatic carbocycles. The second-order valence-corrected chi connectivity index (χ2v) is 5.30. The van der Waals surface area contributed by atoms with Gasteiger partial charge in [-0.1, -0.05) is 0 Å². The molecule has 0 spiro atoms. The first-order chi connectivity index (χ1) is 8.79. The van der Waals surface area contributed by atoms with Crippen LogP contribution >= 0.6 is 0 Å². The predicted octanol–water partition coefficient (Wildman–Crippen LogP) is 1.63. The zero-order valence-electron chi connectivity index (χ0n) is 10.7. The van der Waals surface area contributed by atoms with Crippen LogP contribution in [-0.4, -0.2) is 41.6 Å². The number of rotatable bonds is 1. The van der Waals surface area contributed by atoms with Crippen molar-refractivity contribution in [1.82, 2.24) is 9.88 Å². The summed E-state index contributed by atoms with van der Waals surface area (Å²) in [6, 6.07) is 5.20. The van der Waals surface area contributed by atoms with Gasteiger partial charge in [-0.2, -0.15) is 5.26 Å². The first-order valence-corrected chi connectivity index (χ1v) is 6.64. The third-order valence-corrected chi connectivity index (χ3v) is 4.17. The van der Waals surface area contributed by atoms with Crippen LogP contribution in [0.25, 0.3) is 0 Å². The van der Waals surface area contributed by atoms with Gasteiger partial charge in [-0.25, -0.2) is 0 Å². The lowest BCUT2D eigenvalue weighted by Crippen LogP contribution is -2.55. The number of anilines is 1. The third-order valence-electron chi connectivity index (χ3n) is 4.17. The van der Waals surface area contributed by atoms with Crippen LogP contribution in [0, 0.1) is 11.3 Å². The number of aromatic nitrogens is 1. The van der Waals surface area contributed by atoms with E-state index in [-0.39, 0.29) is 0 Å². The highest BCUT2D eigenvalue weighted by atomic mass is 15.3. The number of nitrogens with zero attached hydrogens (tertiary/aromatic N) is 4. The minimum Gasteiger partial charge on any atom is -0.364 e. The molecule has 2 aliphatic rings. The molecule has 4 heteroatoms. The monoisotopic (exact) mass is 242 g/mol. The van der Waals surface area contributed by atoms with Crippen LogP contribution < -0.4 is 4.90 Å². The second kappa shape index (κ2) is 4.58. The molecule has 2 aliphatic heterocycles. The SMILES string of the molecule is CC1CN2CCCC2CN1c1cnccc1C#N. The third kappa shape index (κ3) is 1.85. The molecule has 0 amide bonds. The fourth-order valence-electron chi connectivity index (χ4n) is 3.23. The van der Waals surface area contributed by atoms with Crippen molar-refractivity contribution in [2.75, 3.05) is 24.5 Å². The van der Waals surface area contributed by atoms with E-state index in [1.807, 2.05) is 12.3 Å². The Balaban J connectivity index is 1.89. The Morgan fingerprint density at radius 1 is 1.44 bits per heavy atom. The van der Waals surface area contributed by atoms with Crippen LogP contribution in [0.2, 0.25) is 0 Å². The Bertz CT molecular complexity index is 479. The van der Waals surface area contributed by atoms with E-state index in [9.17, 15) is 5.26 Å². The molecule has 0 aromatic carbocycles. The van der Waals surface area contributed by atoms with Crippen molar-refractivity contribution in [1.29, 1.82) is 5.26 Å². The van der Waals surface area contributed by atoms with Crippen LogP contribution in [0.3, 0.4) is 0 Å². The van der Waals surface area contributed by atoms with Crippen LogP contribution in [0.4, 0.5) is 5.69 Å². The van der Waals surface area contributed by atoms with Crippen LogP contribution in [0.5, 0.6) is 0 Å². The molecule has 18 heavy (non-hydrogen) atoms. The largest absolute Gasteiger partial charge is 0.364 e. The summed E-state index contributed by atoms with van der Waals surface area (Å²) in [6.07, 6.45) is 6.12. The fraction of sp³-hybridized carbons (Fsp3) is 0.571. The molecule has 3 rings (SSSR count). The predicted molar refractivity (Wildman–Crippen MR) is 70.4 cm³/mol. The van der Waals surface area contributed by atoms with E-state index in [1.165, 1.54) is 19.4 Å². The molecule has 2 saturated heterocycles. The number of hydrogen-bond donors (Lipinski definition) is 0. The minimum absolute atomic E-state index is 0.454. The van der Waals surface area contributed by atoms with E-state index in [0.29, 0.717) is 12.1 Å². The molecule has 1 aromatic rings. The van der Waals surface area contributed by atoms with E-state index < -0.39 is 0 Å². The van der Waals surface area contributed by atoms with Gasteiger partial charge in [-0.3, -0.25) is 9.88 Å². The van der Waals surface area contributed by atoms with Crippen LogP contribution in [0.15, 0.2) is 18.5 Å². The van der Waals surface area contributed by atoms with E-state index in [0.717, 1.165) is 24.3 Å². The summed E-state index contributed by atoms with van der Waals surface area (Å²) in [4.78, 5) is 9.13. The van der Waals surface area contributed by atoms with Gasteiger partial charge in [0, 0.05) is 31.4 Å². The van der Waals surface area contributed by atoms with Crippen molar-refractivity contribution in [3.8, 4) is 6.07 Å². The lowest BCUT2D eigenvalue weighted by Gasteiger charge is -2.43. The van der Waals surface area contributed by atoms with Gasteiger partial charge in [-0.05, 0) is 32.4 Å². The number of hydrogen-bond acceptors (Lipinski definition) is 4. The molecule has 2 fully saturated rings. The molecule has 0 N–H and O–H groups in total. The maximum atomic E-state index is 9.21. The van der Waals surface area contributed by atoms with Gasteiger partial charge in [0.2, 0.25) is 0 Å². The molecule has 94 valence electrons. The van der Waals surface area contributed by atoms with Gasteiger partial charge in [-0.15, -0.1) is 0 Å². The average molecular weight is 242 g/mol. The van der Waals surface area contributed by atoms with E-state index >= 15 is 0 Å². The highest BCUT2D eigenvalue weighted by Crippen LogP contribution is 2.29. The minimum atomic E-state index is 0.454.